The van der Waals surface area contributed by atoms with Crippen LogP contribution in [0.1, 0.15) is 23.3 Å². The monoisotopic (exact) mass is 291 g/mol. The summed E-state index contributed by atoms with van der Waals surface area (Å²) in [5, 5.41) is 6.49. The van der Waals surface area contributed by atoms with E-state index in [1.165, 1.54) is 29.2 Å². The van der Waals surface area contributed by atoms with Gasteiger partial charge in [0.05, 0.1) is 17.4 Å². The molecular weight excluding hydrogens is 277 g/mol. The zero-order chi connectivity index (χ0) is 15.6. The molecule has 0 aliphatic carbocycles. The quantitative estimate of drug-likeness (QED) is 0.726. The predicted octanol–water partition coefficient (Wildman–Crippen LogP) is 0.903. The highest BCUT2D eigenvalue weighted by atomic mass is 19.1. The fourth-order valence-corrected chi connectivity index (χ4v) is 1.67. The van der Waals surface area contributed by atoms with Crippen LogP contribution in [-0.4, -0.2) is 21.6 Å². The molecule has 110 valence electrons. The second-order valence-electron chi connectivity index (χ2n) is 4.47. The lowest BCUT2D eigenvalue weighted by Gasteiger charge is -2.13. The Kier molecular flexibility index (Phi) is 3.88. The Balaban J connectivity index is 2.11. The maximum Gasteiger partial charge on any atom is 0.251 e. The van der Waals surface area contributed by atoms with Crippen LogP contribution in [0.3, 0.4) is 0 Å². The molecule has 1 aromatic heterocycles. The third-order valence-electron chi connectivity index (χ3n) is 2.93. The van der Waals surface area contributed by atoms with Crippen LogP contribution in [0.5, 0.6) is 0 Å². The Morgan fingerprint density at radius 2 is 2.14 bits per heavy atom. The van der Waals surface area contributed by atoms with E-state index >= 15 is 0 Å². The zero-order valence-electron chi connectivity index (χ0n) is 11.2. The molecule has 0 spiro atoms. The van der Waals surface area contributed by atoms with Crippen molar-refractivity contribution in [1.82, 2.24) is 9.78 Å². The Morgan fingerprint density at radius 1 is 1.43 bits per heavy atom. The Morgan fingerprint density at radius 3 is 2.71 bits per heavy atom. The molecule has 0 fully saturated rings. The van der Waals surface area contributed by atoms with Crippen molar-refractivity contribution in [3.05, 3.63) is 42.0 Å². The second kappa shape index (κ2) is 5.61. The van der Waals surface area contributed by atoms with Gasteiger partial charge in [-0.05, 0) is 25.1 Å². The van der Waals surface area contributed by atoms with Gasteiger partial charge in [0.1, 0.15) is 11.9 Å². The number of nitrogens with zero attached hydrogens (tertiary/aromatic N) is 2. The number of amides is 2. The van der Waals surface area contributed by atoms with E-state index in [1.54, 1.807) is 6.92 Å². The van der Waals surface area contributed by atoms with Crippen molar-refractivity contribution in [3.63, 3.8) is 0 Å². The van der Waals surface area contributed by atoms with Crippen molar-refractivity contribution in [2.24, 2.45) is 5.73 Å². The van der Waals surface area contributed by atoms with E-state index < -0.39 is 17.8 Å². The average Bonchev–Trinajstić information content (AvgIpc) is 2.92. The minimum Gasteiger partial charge on any atom is -0.396 e. The summed E-state index contributed by atoms with van der Waals surface area (Å²) < 4.78 is 14.4. The lowest BCUT2D eigenvalue weighted by atomic mass is 10.2. The summed E-state index contributed by atoms with van der Waals surface area (Å²) in [5.74, 6) is -1.57. The fourth-order valence-electron chi connectivity index (χ4n) is 1.67. The average molecular weight is 291 g/mol. The molecule has 1 unspecified atom stereocenters. The third-order valence-corrected chi connectivity index (χ3v) is 2.93. The van der Waals surface area contributed by atoms with Crippen molar-refractivity contribution in [3.8, 4) is 0 Å². The maximum atomic E-state index is 13.0. The Labute approximate surface area is 119 Å². The van der Waals surface area contributed by atoms with Crippen LogP contribution < -0.4 is 16.8 Å². The summed E-state index contributed by atoms with van der Waals surface area (Å²) >= 11 is 0. The molecule has 0 aliphatic rings. The molecule has 5 N–H and O–H groups in total. The number of rotatable bonds is 4. The first-order valence-corrected chi connectivity index (χ1v) is 6.08. The number of benzene rings is 1. The number of carbonyl (C=O) groups excluding carboxylic acids is 2. The first-order valence-electron chi connectivity index (χ1n) is 6.08. The van der Waals surface area contributed by atoms with Crippen molar-refractivity contribution in [2.75, 3.05) is 11.1 Å². The number of primary amides is 1. The number of hydrogen-bond acceptors (Lipinski definition) is 4. The molecule has 1 heterocycles. The van der Waals surface area contributed by atoms with E-state index in [0.717, 1.165) is 6.07 Å². The summed E-state index contributed by atoms with van der Waals surface area (Å²) in [5.41, 5.74) is 11.1. The largest absolute Gasteiger partial charge is 0.396 e. The van der Waals surface area contributed by atoms with Crippen LogP contribution in [0.4, 0.5) is 15.8 Å². The highest BCUT2D eigenvalue weighted by Gasteiger charge is 2.17. The molecular formula is C13H14FN5O2. The van der Waals surface area contributed by atoms with Crippen LogP contribution in [0.2, 0.25) is 0 Å². The molecule has 2 rings (SSSR count). The van der Waals surface area contributed by atoms with E-state index in [1.807, 2.05) is 0 Å². The first kappa shape index (κ1) is 14.5. The SMILES string of the molecule is CC(C(=O)Nc1ccc(F)c(N)c1)n1cc(C(N)=O)cn1. The number of aromatic nitrogens is 2. The van der Waals surface area contributed by atoms with Gasteiger partial charge in [0.15, 0.2) is 0 Å². The molecule has 2 amide bonds. The Hall–Kier alpha value is -2.90. The van der Waals surface area contributed by atoms with Crippen LogP contribution in [0.25, 0.3) is 0 Å². The molecule has 0 aliphatic heterocycles. The van der Waals surface area contributed by atoms with E-state index in [0.29, 0.717) is 5.69 Å². The number of nitrogens with one attached hydrogen (secondary N) is 1. The summed E-state index contributed by atoms with van der Waals surface area (Å²) in [7, 11) is 0. The second-order valence-corrected chi connectivity index (χ2v) is 4.47. The van der Waals surface area contributed by atoms with Crippen molar-refractivity contribution < 1.29 is 14.0 Å². The highest BCUT2D eigenvalue weighted by Crippen LogP contribution is 2.18. The molecule has 7 nitrogen and oxygen atoms in total. The zero-order valence-corrected chi connectivity index (χ0v) is 11.2. The lowest BCUT2D eigenvalue weighted by molar-refractivity contribution is -0.119. The van der Waals surface area contributed by atoms with Gasteiger partial charge in [-0.15, -0.1) is 0 Å². The molecule has 1 atom stereocenters. The topological polar surface area (TPSA) is 116 Å². The van der Waals surface area contributed by atoms with Crippen LogP contribution in [0.15, 0.2) is 30.6 Å². The molecule has 8 heteroatoms. The summed E-state index contributed by atoms with van der Waals surface area (Å²) in [4.78, 5) is 23.1. The standard InChI is InChI=1S/C13H14FN5O2/c1-7(19-6-8(5-17-19)12(16)20)13(21)18-9-2-3-10(14)11(15)4-9/h2-7H,15H2,1H3,(H2,16,20)(H,18,21). The smallest absolute Gasteiger partial charge is 0.251 e. The van der Waals surface area contributed by atoms with Crippen molar-refractivity contribution in [2.45, 2.75) is 13.0 Å². The number of anilines is 2. The van der Waals surface area contributed by atoms with Gasteiger partial charge in [-0.2, -0.15) is 5.10 Å². The first-order chi connectivity index (χ1) is 9.88. The molecule has 0 saturated carbocycles. The maximum absolute atomic E-state index is 13.0. The van der Waals surface area contributed by atoms with E-state index in [9.17, 15) is 14.0 Å². The molecule has 0 bridgehead atoms. The summed E-state index contributed by atoms with van der Waals surface area (Å²) in [6.07, 6.45) is 2.66. The van der Waals surface area contributed by atoms with Gasteiger partial charge in [-0.1, -0.05) is 0 Å². The molecule has 0 saturated heterocycles. The fraction of sp³-hybridized carbons (Fsp3) is 0.154. The van der Waals surface area contributed by atoms with Crippen LogP contribution in [0, 0.1) is 5.82 Å². The van der Waals surface area contributed by atoms with Gasteiger partial charge < -0.3 is 16.8 Å². The number of hydrogen-bond donors (Lipinski definition) is 3. The normalized spacial score (nSPS) is 11.9. The minimum absolute atomic E-state index is 0.0597. The molecule has 21 heavy (non-hydrogen) atoms. The third kappa shape index (κ3) is 3.16. The molecule has 1 aromatic carbocycles. The number of nitrogen functional groups attached to an aromatic ring is 1. The number of halogens is 1. The molecule has 2 aromatic rings. The predicted molar refractivity (Wildman–Crippen MR) is 74.9 cm³/mol. The van der Waals surface area contributed by atoms with Crippen LogP contribution >= 0.6 is 0 Å². The van der Waals surface area contributed by atoms with Gasteiger partial charge in [0.25, 0.3) is 5.91 Å². The molecule has 0 radical (unpaired) electrons. The number of carbonyl (C=O) groups is 2. The van der Waals surface area contributed by atoms with Gasteiger partial charge >= 0.3 is 0 Å². The van der Waals surface area contributed by atoms with Crippen molar-refractivity contribution in [1.29, 1.82) is 0 Å². The van der Waals surface area contributed by atoms with Gasteiger partial charge in [0, 0.05) is 11.9 Å². The van der Waals surface area contributed by atoms with E-state index in [4.69, 9.17) is 11.5 Å². The van der Waals surface area contributed by atoms with E-state index in [-0.39, 0.29) is 17.2 Å². The highest BCUT2D eigenvalue weighted by molar-refractivity contribution is 5.94. The van der Waals surface area contributed by atoms with Gasteiger partial charge in [-0.3, -0.25) is 14.3 Å². The van der Waals surface area contributed by atoms with Crippen molar-refractivity contribution >= 4 is 23.2 Å². The summed E-state index contributed by atoms with van der Waals surface area (Å²) in [6, 6.07) is 3.20. The van der Waals surface area contributed by atoms with E-state index in [2.05, 4.69) is 10.4 Å². The number of nitrogens with two attached hydrogens (primary N) is 2. The Bertz CT molecular complexity index is 698. The lowest BCUT2D eigenvalue weighted by Crippen LogP contribution is -2.24. The summed E-state index contributed by atoms with van der Waals surface area (Å²) in [6.45, 7) is 1.60. The van der Waals surface area contributed by atoms with Gasteiger partial charge in [0.2, 0.25) is 5.91 Å². The van der Waals surface area contributed by atoms with Gasteiger partial charge in [-0.25, -0.2) is 4.39 Å². The minimum atomic E-state index is -0.677. The van der Waals surface area contributed by atoms with Crippen LogP contribution in [-0.2, 0) is 4.79 Å².